The highest BCUT2D eigenvalue weighted by atomic mass is 79.9. The monoisotopic (exact) mass is 616 g/mol. The van der Waals surface area contributed by atoms with E-state index in [0.717, 1.165) is 10.9 Å². The summed E-state index contributed by atoms with van der Waals surface area (Å²) in [5.41, 5.74) is 6.60. The number of pyridine rings is 1. The SMILES string of the molecule is CC(=O)OCc1cnc(C)c2c1CCP(=O)(OC[C@H]1O[C@@H](n3cnc4c(=O)[nH]c(N)nc43)C(F)(Br)[C@H]1O)O2. The minimum absolute atomic E-state index is 0.0118. The molecule has 5 rings (SSSR count). The Bertz CT molecular complexity index is 1530. The van der Waals surface area contributed by atoms with Crippen LogP contribution in [0.1, 0.15) is 30.0 Å². The molecule has 4 N–H and O–H groups in total. The van der Waals surface area contributed by atoms with E-state index in [-0.39, 0.29) is 42.1 Å². The van der Waals surface area contributed by atoms with Gasteiger partial charge in [-0.3, -0.25) is 28.6 Å². The number of nitrogens with zero attached hydrogens (tertiary/aromatic N) is 4. The standard InChI is InChI=1S/C21H23BrFN6O8P/c1-9-15-12(11(5-25-9)6-34-10(2)30)3-4-38(33,37-15)35-7-13-16(31)21(22,23)19(36-13)29-8-26-14-17(29)27-20(24)28-18(14)32/h5,8,13,16,19,31H,3-4,6-7H2,1-2H3,(H3,24,27,28,32)/t13-,16+,19-,21?,38?/m1/s1. The zero-order valence-corrected chi connectivity index (χ0v) is 22.6. The third-order valence-electron chi connectivity index (χ3n) is 6.22. The number of rotatable bonds is 6. The van der Waals surface area contributed by atoms with Crippen LogP contribution < -0.4 is 15.8 Å². The summed E-state index contributed by atoms with van der Waals surface area (Å²) >= 11 is 2.87. The molecular formula is C21H23BrFN6O8P. The molecule has 5 atom stereocenters. The number of halogens is 2. The number of imidazole rings is 1. The first kappa shape index (κ1) is 26.7. The summed E-state index contributed by atoms with van der Waals surface area (Å²) in [4.78, 5) is 37.7. The number of carbonyl (C=O) groups is 1. The summed E-state index contributed by atoms with van der Waals surface area (Å²) in [5, 5.41) is 10.7. The molecule has 0 spiro atoms. The highest BCUT2D eigenvalue weighted by Crippen LogP contribution is 2.55. The zero-order valence-electron chi connectivity index (χ0n) is 20.1. The lowest BCUT2D eigenvalue weighted by Gasteiger charge is -2.28. The lowest BCUT2D eigenvalue weighted by molar-refractivity contribution is -0.142. The number of nitrogen functional groups attached to an aromatic ring is 1. The van der Waals surface area contributed by atoms with Crippen molar-refractivity contribution in [3.05, 3.63) is 39.7 Å². The van der Waals surface area contributed by atoms with Crippen LogP contribution in [0, 0.1) is 6.92 Å². The molecule has 0 bridgehead atoms. The van der Waals surface area contributed by atoms with Crippen LogP contribution in [0.25, 0.3) is 11.2 Å². The fourth-order valence-electron chi connectivity index (χ4n) is 4.31. The molecule has 0 radical (unpaired) electrons. The van der Waals surface area contributed by atoms with E-state index in [2.05, 4.69) is 35.9 Å². The lowest BCUT2D eigenvalue weighted by Crippen LogP contribution is -2.38. The number of ether oxygens (including phenoxy) is 2. The van der Waals surface area contributed by atoms with E-state index in [4.69, 9.17) is 24.3 Å². The number of hydrogen-bond acceptors (Lipinski definition) is 12. The van der Waals surface area contributed by atoms with Crippen LogP contribution in [-0.4, -0.2) is 65.1 Å². The highest BCUT2D eigenvalue weighted by Gasteiger charge is 2.57. The summed E-state index contributed by atoms with van der Waals surface area (Å²) in [7, 11) is -3.75. The average molecular weight is 617 g/mol. The van der Waals surface area contributed by atoms with Gasteiger partial charge in [-0.05, 0) is 29.3 Å². The number of esters is 1. The molecule has 2 unspecified atom stereocenters. The van der Waals surface area contributed by atoms with Crippen molar-refractivity contribution in [1.82, 2.24) is 24.5 Å². The van der Waals surface area contributed by atoms with Crippen LogP contribution >= 0.6 is 23.5 Å². The molecule has 0 aliphatic carbocycles. The number of carbonyl (C=O) groups excluding carboxylic acids is 1. The molecule has 2 aliphatic heterocycles. The number of aromatic nitrogens is 5. The molecule has 3 aromatic rings. The fourth-order valence-corrected chi connectivity index (χ4v) is 6.60. The van der Waals surface area contributed by atoms with E-state index in [0.29, 0.717) is 16.8 Å². The van der Waals surface area contributed by atoms with Crippen LogP contribution in [0.2, 0.25) is 0 Å². The average Bonchev–Trinajstić information content (AvgIpc) is 3.36. The van der Waals surface area contributed by atoms with Crippen LogP contribution in [0.15, 0.2) is 17.3 Å². The van der Waals surface area contributed by atoms with E-state index in [1.165, 1.54) is 6.92 Å². The quantitative estimate of drug-likeness (QED) is 0.206. The van der Waals surface area contributed by atoms with Crippen LogP contribution in [-0.2, 0) is 36.4 Å². The first-order valence-corrected chi connectivity index (χ1v) is 13.9. The predicted molar refractivity (Wildman–Crippen MR) is 132 cm³/mol. The van der Waals surface area contributed by atoms with Crippen LogP contribution in [0.3, 0.4) is 0 Å². The van der Waals surface area contributed by atoms with Gasteiger partial charge in [-0.1, -0.05) is 0 Å². The second kappa shape index (κ2) is 9.68. The first-order valence-electron chi connectivity index (χ1n) is 11.4. The summed E-state index contributed by atoms with van der Waals surface area (Å²) in [6, 6.07) is 0. The van der Waals surface area contributed by atoms with E-state index in [9.17, 15) is 19.3 Å². The summed E-state index contributed by atoms with van der Waals surface area (Å²) in [6.07, 6.45) is -1.61. The van der Waals surface area contributed by atoms with Crippen molar-refractivity contribution in [2.75, 3.05) is 18.5 Å². The molecule has 5 heterocycles. The molecular weight excluding hydrogens is 594 g/mol. The highest BCUT2D eigenvalue weighted by molar-refractivity contribution is 9.10. The normalized spacial score (nSPS) is 28.7. The molecule has 204 valence electrons. The maximum absolute atomic E-state index is 15.6. The topological polar surface area (TPSA) is 194 Å². The third kappa shape index (κ3) is 4.71. The van der Waals surface area contributed by atoms with Crippen LogP contribution in [0.5, 0.6) is 5.75 Å². The first-order chi connectivity index (χ1) is 17.9. The van der Waals surface area contributed by atoms with Crippen molar-refractivity contribution in [1.29, 1.82) is 0 Å². The number of aromatic amines is 1. The van der Waals surface area contributed by atoms with Crippen molar-refractivity contribution in [3.8, 4) is 5.75 Å². The number of aliphatic hydroxyl groups excluding tert-OH is 1. The number of fused-ring (bicyclic) bond motifs is 2. The molecule has 17 heteroatoms. The van der Waals surface area contributed by atoms with E-state index in [1.807, 2.05) is 0 Å². The Morgan fingerprint density at radius 2 is 2.24 bits per heavy atom. The van der Waals surface area contributed by atoms with E-state index < -0.39 is 48.7 Å². The van der Waals surface area contributed by atoms with Gasteiger partial charge in [0.2, 0.25) is 10.5 Å². The second-order valence-electron chi connectivity index (χ2n) is 8.85. The smallest absolute Gasteiger partial charge is 0.379 e. The molecule has 0 amide bonds. The summed E-state index contributed by atoms with van der Waals surface area (Å²) in [5.74, 6) is -0.409. The van der Waals surface area contributed by atoms with Crippen molar-refractivity contribution in [2.24, 2.45) is 0 Å². The molecule has 38 heavy (non-hydrogen) atoms. The number of anilines is 1. The maximum Gasteiger partial charge on any atom is 0.379 e. The summed E-state index contributed by atoms with van der Waals surface area (Å²) in [6.45, 7) is 2.46. The number of alkyl halides is 2. The second-order valence-corrected chi connectivity index (χ2v) is 12.2. The number of aliphatic hydroxyl groups is 1. The fraction of sp³-hybridized carbons (Fsp3) is 0.476. The third-order valence-corrected chi connectivity index (χ3v) is 8.85. The predicted octanol–water partition coefficient (Wildman–Crippen LogP) is 1.63. The maximum atomic E-state index is 15.6. The van der Waals surface area contributed by atoms with E-state index >= 15 is 4.39 Å². The van der Waals surface area contributed by atoms with Gasteiger partial charge in [-0.2, -0.15) is 4.98 Å². The van der Waals surface area contributed by atoms with Gasteiger partial charge in [0.1, 0.15) is 18.8 Å². The Balaban J connectivity index is 1.33. The molecule has 2 aliphatic rings. The Hall–Kier alpha value is -2.91. The number of nitrogens with one attached hydrogen (secondary N) is 1. The van der Waals surface area contributed by atoms with E-state index in [1.54, 1.807) is 13.1 Å². The number of nitrogens with two attached hydrogens (primary N) is 1. The van der Waals surface area contributed by atoms with Gasteiger partial charge in [0.15, 0.2) is 23.1 Å². The molecule has 0 saturated carbocycles. The minimum atomic E-state index is -3.75. The van der Waals surface area contributed by atoms with Gasteiger partial charge >= 0.3 is 13.6 Å². The van der Waals surface area contributed by atoms with Crippen LogP contribution in [0.4, 0.5) is 10.3 Å². The lowest BCUT2D eigenvalue weighted by atomic mass is 10.1. The van der Waals surface area contributed by atoms with Crippen molar-refractivity contribution < 1.29 is 37.4 Å². The molecule has 0 aromatic carbocycles. The Kier molecular flexibility index (Phi) is 6.80. The van der Waals surface area contributed by atoms with Crippen molar-refractivity contribution in [3.63, 3.8) is 0 Å². The Morgan fingerprint density at radius 1 is 1.47 bits per heavy atom. The Morgan fingerprint density at radius 3 is 2.97 bits per heavy atom. The van der Waals surface area contributed by atoms with Crippen molar-refractivity contribution in [2.45, 2.75) is 49.9 Å². The van der Waals surface area contributed by atoms with Gasteiger partial charge in [0.05, 0.1) is 24.8 Å². The van der Waals surface area contributed by atoms with Gasteiger partial charge < -0.3 is 24.8 Å². The van der Waals surface area contributed by atoms with Crippen molar-refractivity contribution >= 4 is 46.6 Å². The minimum Gasteiger partial charge on any atom is -0.461 e. The van der Waals surface area contributed by atoms with Gasteiger partial charge in [0, 0.05) is 24.2 Å². The Labute approximate surface area is 222 Å². The van der Waals surface area contributed by atoms with Gasteiger partial charge in [-0.15, -0.1) is 0 Å². The van der Waals surface area contributed by atoms with Gasteiger partial charge in [0.25, 0.3) is 5.56 Å². The molecule has 14 nitrogen and oxygen atoms in total. The number of aryl methyl sites for hydroxylation is 1. The van der Waals surface area contributed by atoms with Gasteiger partial charge in [-0.25, -0.2) is 13.9 Å². The molecule has 1 fully saturated rings. The summed E-state index contributed by atoms with van der Waals surface area (Å²) < 4.78 is 49.8. The number of hydrogen-bond donors (Lipinski definition) is 3. The zero-order chi connectivity index (χ0) is 27.4. The largest absolute Gasteiger partial charge is 0.461 e. The molecule has 1 saturated heterocycles. The molecule has 3 aromatic heterocycles. The number of H-pyrrole nitrogens is 1.